The number of carbonyl (C=O) groups excluding carboxylic acids is 1. The fraction of sp³-hybridized carbons (Fsp3) is 0.896. The summed E-state index contributed by atoms with van der Waals surface area (Å²) in [4.78, 5) is 12.7. The van der Waals surface area contributed by atoms with Crippen molar-refractivity contribution in [2.45, 2.75) is 270 Å². The first kappa shape index (κ1) is 54.8. The standard InChI is InChI=1S/C48H93NO6S/c1-3-5-7-9-11-13-15-17-19-21-22-23-24-25-27-29-31-33-35-37-39-41-43-47(51)48(52)49-45(44-56(53,54)55)46(50)42-40-38-36-34-32-30-28-26-20-18-16-14-12-10-8-6-4-2/h22-23,25,27,45-47,50-51H,3-21,24,26,28-44H2,1-2H3,(H,49,52)(H,53,54,55)/b23-22-,27-25-. The molecular formula is C48H93NO6S. The molecule has 4 N–H and O–H groups in total. The Balaban J connectivity index is 3.90. The van der Waals surface area contributed by atoms with E-state index >= 15 is 0 Å². The lowest BCUT2D eigenvalue weighted by molar-refractivity contribution is -0.131. The van der Waals surface area contributed by atoms with Crippen molar-refractivity contribution in [3.63, 3.8) is 0 Å². The van der Waals surface area contributed by atoms with Crippen molar-refractivity contribution < 1.29 is 28.0 Å². The van der Waals surface area contributed by atoms with Crippen LogP contribution in [0.1, 0.15) is 251 Å². The quantitative estimate of drug-likeness (QED) is 0.0276. The van der Waals surface area contributed by atoms with E-state index in [4.69, 9.17) is 0 Å². The van der Waals surface area contributed by atoms with Gasteiger partial charge < -0.3 is 15.5 Å². The van der Waals surface area contributed by atoms with Gasteiger partial charge in [0.25, 0.3) is 10.1 Å². The number of unbranched alkanes of at least 4 members (excludes halogenated alkanes) is 31. The maximum atomic E-state index is 12.7. The smallest absolute Gasteiger partial charge is 0.266 e. The first-order valence-corrected chi connectivity index (χ1v) is 25.7. The summed E-state index contributed by atoms with van der Waals surface area (Å²) in [6.45, 7) is 4.53. The Morgan fingerprint density at radius 3 is 1.16 bits per heavy atom. The van der Waals surface area contributed by atoms with E-state index in [0.29, 0.717) is 19.3 Å². The maximum Gasteiger partial charge on any atom is 0.266 e. The Hall–Kier alpha value is -1.22. The van der Waals surface area contributed by atoms with Gasteiger partial charge in [-0.25, -0.2) is 0 Å². The van der Waals surface area contributed by atoms with Crippen molar-refractivity contribution in [2.24, 2.45) is 0 Å². The van der Waals surface area contributed by atoms with Crippen LogP contribution in [0.15, 0.2) is 24.3 Å². The predicted molar refractivity (Wildman–Crippen MR) is 241 cm³/mol. The number of aliphatic hydroxyl groups excluding tert-OH is 2. The molecule has 0 spiro atoms. The number of aliphatic hydroxyl groups is 2. The highest BCUT2D eigenvalue weighted by atomic mass is 32.2. The molecule has 3 atom stereocenters. The summed E-state index contributed by atoms with van der Waals surface area (Å²) in [5.41, 5.74) is 0. The highest BCUT2D eigenvalue weighted by molar-refractivity contribution is 7.85. The molecule has 332 valence electrons. The lowest BCUT2D eigenvalue weighted by Gasteiger charge is -2.24. The molecule has 3 unspecified atom stereocenters. The molecule has 7 nitrogen and oxygen atoms in total. The number of rotatable bonds is 44. The average Bonchev–Trinajstić information content (AvgIpc) is 3.17. The summed E-state index contributed by atoms with van der Waals surface area (Å²) >= 11 is 0. The van der Waals surface area contributed by atoms with Gasteiger partial charge in [0.15, 0.2) is 0 Å². The van der Waals surface area contributed by atoms with Crippen molar-refractivity contribution in [3.05, 3.63) is 24.3 Å². The first-order chi connectivity index (χ1) is 27.2. The molecule has 0 aromatic rings. The van der Waals surface area contributed by atoms with E-state index in [2.05, 4.69) is 43.5 Å². The van der Waals surface area contributed by atoms with E-state index in [1.54, 1.807) is 0 Å². The normalized spacial score (nSPS) is 13.9. The molecule has 0 bridgehead atoms. The molecule has 0 rings (SSSR count). The molecule has 0 heterocycles. The van der Waals surface area contributed by atoms with E-state index in [0.717, 1.165) is 57.8 Å². The first-order valence-electron chi connectivity index (χ1n) is 24.1. The molecule has 0 aliphatic heterocycles. The molecule has 0 fully saturated rings. The number of hydrogen-bond acceptors (Lipinski definition) is 5. The lowest BCUT2D eigenvalue weighted by atomic mass is 10.0. The molecule has 56 heavy (non-hydrogen) atoms. The van der Waals surface area contributed by atoms with Crippen LogP contribution in [-0.4, -0.2) is 53.1 Å². The minimum atomic E-state index is -4.41. The van der Waals surface area contributed by atoms with Gasteiger partial charge in [-0.2, -0.15) is 8.42 Å². The average molecular weight is 812 g/mol. The SMILES string of the molecule is CCCCCCCCCCC/C=C\C/C=C\CCCCCCCCC(O)C(=O)NC(CS(=O)(=O)O)C(O)CCCCCCCCCCCCCCCCCCC. The number of hydrogen-bond donors (Lipinski definition) is 4. The molecule has 0 aliphatic carbocycles. The predicted octanol–water partition coefficient (Wildman–Crippen LogP) is 13.7. The minimum absolute atomic E-state index is 0.287. The molecule has 1 amide bonds. The van der Waals surface area contributed by atoms with Gasteiger partial charge >= 0.3 is 0 Å². The third kappa shape index (κ3) is 41.0. The maximum absolute atomic E-state index is 12.7. The molecule has 8 heteroatoms. The summed E-state index contributed by atoms with van der Waals surface area (Å²) in [6.07, 6.45) is 50.6. The third-order valence-corrected chi connectivity index (χ3v) is 12.0. The fourth-order valence-electron chi connectivity index (χ4n) is 7.55. The second-order valence-corrected chi connectivity index (χ2v) is 18.4. The Kier molecular flexibility index (Phi) is 41.0. The molecule has 0 aromatic heterocycles. The lowest BCUT2D eigenvalue weighted by Crippen LogP contribution is -2.50. The summed E-state index contributed by atoms with van der Waals surface area (Å²) < 4.78 is 32.7. The van der Waals surface area contributed by atoms with Crippen LogP contribution >= 0.6 is 0 Å². The highest BCUT2D eigenvalue weighted by Gasteiger charge is 2.28. The summed E-state index contributed by atoms with van der Waals surface area (Å²) in [7, 11) is -4.41. The number of allylic oxidation sites excluding steroid dienone is 4. The van der Waals surface area contributed by atoms with Crippen LogP contribution in [0, 0.1) is 0 Å². The summed E-state index contributed by atoms with van der Waals surface area (Å²) in [6, 6.07) is -1.15. The van der Waals surface area contributed by atoms with Crippen molar-refractivity contribution in [2.75, 3.05) is 5.75 Å². The topological polar surface area (TPSA) is 124 Å². The van der Waals surface area contributed by atoms with Crippen molar-refractivity contribution >= 4 is 16.0 Å². The van der Waals surface area contributed by atoms with E-state index in [1.807, 2.05) is 0 Å². The zero-order valence-electron chi connectivity index (χ0n) is 36.9. The minimum Gasteiger partial charge on any atom is -0.391 e. The van der Waals surface area contributed by atoms with E-state index < -0.39 is 40.0 Å². The third-order valence-electron chi connectivity index (χ3n) is 11.3. The second-order valence-electron chi connectivity index (χ2n) is 16.9. The Bertz CT molecular complexity index is 1000. The molecule has 0 saturated heterocycles. The van der Waals surface area contributed by atoms with Gasteiger partial charge in [0.2, 0.25) is 5.91 Å². The van der Waals surface area contributed by atoms with Crippen LogP contribution < -0.4 is 5.32 Å². The van der Waals surface area contributed by atoms with Crippen molar-refractivity contribution in [1.29, 1.82) is 0 Å². The largest absolute Gasteiger partial charge is 0.391 e. The van der Waals surface area contributed by atoms with Gasteiger partial charge in [0, 0.05) is 0 Å². The van der Waals surface area contributed by atoms with Crippen LogP contribution in [0.2, 0.25) is 0 Å². The van der Waals surface area contributed by atoms with Gasteiger partial charge in [-0.15, -0.1) is 0 Å². The second kappa shape index (κ2) is 41.9. The van der Waals surface area contributed by atoms with Gasteiger partial charge in [-0.3, -0.25) is 9.35 Å². The molecule has 0 aromatic carbocycles. The van der Waals surface area contributed by atoms with Crippen molar-refractivity contribution in [1.82, 2.24) is 5.32 Å². The van der Waals surface area contributed by atoms with E-state index in [9.17, 15) is 28.0 Å². The van der Waals surface area contributed by atoms with Crippen LogP contribution in [0.3, 0.4) is 0 Å². The zero-order chi connectivity index (χ0) is 41.2. The summed E-state index contributed by atoms with van der Waals surface area (Å²) in [5, 5.41) is 23.6. The van der Waals surface area contributed by atoms with Crippen LogP contribution in [0.25, 0.3) is 0 Å². The van der Waals surface area contributed by atoms with Gasteiger partial charge in [0.05, 0.1) is 17.9 Å². The number of carbonyl (C=O) groups is 1. The van der Waals surface area contributed by atoms with Crippen LogP contribution in [-0.2, 0) is 14.9 Å². The monoisotopic (exact) mass is 812 g/mol. The molecule has 0 aliphatic rings. The van der Waals surface area contributed by atoms with Gasteiger partial charge in [-0.05, 0) is 44.9 Å². The van der Waals surface area contributed by atoms with Gasteiger partial charge in [0.1, 0.15) is 6.10 Å². The number of amides is 1. The van der Waals surface area contributed by atoms with Crippen LogP contribution in [0.4, 0.5) is 0 Å². The van der Waals surface area contributed by atoms with Crippen LogP contribution in [0.5, 0.6) is 0 Å². The fourth-order valence-corrected chi connectivity index (χ4v) is 8.31. The Morgan fingerprint density at radius 2 is 0.804 bits per heavy atom. The van der Waals surface area contributed by atoms with Gasteiger partial charge in [-0.1, -0.05) is 231 Å². The highest BCUT2D eigenvalue weighted by Crippen LogP contribution is 2.17. The van der Waals surface area contributed by atoms with Crippen molar-refractivity contribution in [3.8, 4) is 0 Å². The molecule has 0 radical (unpaired) electrons. The molecule has 0 saturated carbocycles. The zero-order valence-corrected chi connectivity index (χ0v) is 37.7. The Labute approximate surface area is 347 Å². The summed E-state index contributed by atoms with van der Waals surface area (Å²) in [5.74, 6) is -1.46. The van der Waals surface area contributed by atoms with E-state index in [-0.39, 0.29) is 6.42 Å². The molecular weight excluding hydrogens is 719 g/mol. The number of nitrogens with one attached hydrogen (secondary N) is 1. The Morgan fingerprint density at radius 1 is 0.482 bits per heavy atom. The van der Waals surface area contributed by atoms with E-state index in [1.165, 1.54) is 154 Å².